The number of ether oxygens (including phenoxy) is 2. The van der Waals surface area contributed by atoms with Gasteiger partial charge in [0.05, 0.1) is 7.11 Å². The number of allylic oxidation sites excluding steroid dienone is 1. The number of alkyl carbamates (subject to hydrolysis) is 1. The van der Waals surface area contributed by atoms with Gasteiger partial charge in [-0.05, 0) is 46.5 Å². The van der Waals surface area contributed by atoms with Gasteiger partial charge >= 0.3 is 12.1 Å². The molecule has 138 valence electrons. The summed E-state index contributed by atoms with van der Waals surface area (Å²) in [6.45, 7) is 9.32. The standard InChI is InChI=1S/C17H30N2O5/c1-6-7-11-14(20)18-12-9-8-10-13(15(21)23-5)19-16(22)24-17(2,3)4/h6,13H,1,7-12H2,2-5H3,(H,18,20)(H,19,22)/t13-/m0/s1. The first-order chi connectivity index (χ1) is 11.2. The molecule has 0 aliphatic rings. The van der Waals surface area contributed by atoms with Crippen LogP contribution < -0.4 is 10.6 Å². The van der Waals surface area contributed by atoms with Crippen molar-refractivity contribution in [3.63, 3.8) is 0 Å². The van der Waals surface area contributed by atoms with Gasteiger partial charge in [0.1, 0.15) is 11.6 Å². The third kappa shape index (κ3) is 11.5. The summed E-state index contributed by atoms with van der Waals surface area (Å²) in [6.07, 6.45) is 3.87. The molecule has 0 spiro atoms. The van der Waals surface area contributed by atoms with Gasteiger partial charge < -0.3 is 20.1 Å². The Balaban J connectivity index is 4.17. The topological polar surface area (TPSA) is 93.7 Å². The zero-order valence-corrected chi connectivity index (χ0v) is 15.1. The molecule has 0 unspecified atom stereocenters. The second kappa shape index (κ2) is 11.5. The molecule has 0 aliphatic carbocycles. The molecular formula is C17H30N2O5. The van der Waals surface area contributed by atoms with Gasteiger partial charge in [-0.3, -0.25) is 4.79 Å². The van der Waals surface area contributed by atoms with Gasteiger partial charge in [0.2, 0.25) is 5.91 Å². The lowest BCUT2D eigenvalue weighted by Crippen LogP contribution is -2.44. The predicted molar refractivity (Wildman–Crippen MR) is 91.5 cm³/mol. The van der Waals surface area contributed by atoms with Crippen molar-refractivity contribution < 1.29 is 23.9 Å². The molecule has 0 aromatic rings. The van der Waals surface area contributed by atoms with Crippen LogP contribution in [0.2, 0.25) is 0 Å². The van der Waals surface area contributed by atoms with E-state index in [9.17, 15) is 14.4 Å². The highest BCUT2D eigenvalue weighted by Gasteiger charge is 2.24. The van der Waals surface area contributed by atoms with Crippen LogP contribution in [0.1, 0.15) is 52.9 Å². The van der Waals surface area contributed by atoms with E-state index in [1.807, 2.05) is 0 Å². The molecule has 0 saturated heterocycles. The minimum Gasteiger partial charge on any atom is -0.467 e. The minimum atomic E-state index is -0.763. The summed E-state index contributed by atoms with van der Waals surface area (Å²) in [4.78, 5) is 34.9. The van der Waals surface area contributed by atoms with Crippen molar-refractivity contribution in [2.24, 2.45) is 0 Å². The first-order valence-corrected chi connectivity index (χ1v) is 8.14. The molecule has 0 fully saturated rings. The van der Waals surface area contributed by atoms with E-state index >= 15 is 0 Å². The molecule has 7 nitrogen and oxygen atoms in total. The Kier molecular flexibility index (Phi) is 10.5. The maximum Gasteiger partial charge on any atom is 0.408 e. The van der Waals surface area contributed by atoms with Crippen molar-refractivity contribution in [2.75, 3.05) is 13.7 Å². The van der Waals surface area contributed by atoms with Gasteiger partial charge in [-0.1, -0.05) is 6.08 Å². The average Bonchev–Trinajstić information content (AvgIpc) is 2.48. The zero-order chi connectivity index (χ0) is 18.6. The molecule has 0 radical (unpaired) electrons. The lowest BCUT2D eigenvalue weighted by Gasteiger charge is -2.22. The van der Waals surface area contributed by atoms with E-state index in [-0.39, 0.29) is 5.91 Å². The molecule has 2 N–H and O–H groups in total. The number of carbonyl (C=O) groups is 3. The van der Waals surface area contributed by atoms with Crippen LogP contribution in [0.4, 0.5) is 4.79 Å². The molecule has 7 heteroatoms. The lowest BCUT2D eigenvalue weighted by atomic mass is 10.1. The highest BCUT2D eigenvalue weighted by molar-refractivity contribution is 5.81. The van der Waals surface area contributed by atoms with Crippen LogP contribution >= 0.6 is 0 Å². The number of unbranched alkanes of at least 4 members (excludes halogenated alkanes) is 1. The SMILES string of the molecule is C=CCCC(=O)NCCCC[C@H](NC(=O)OC(C)(C)C)C(=O)OC. The van der Waals surface area contributed by atoms with E-state index in [2.05, 4.69) is 17.2 Å². The average molecular weight is 342 g/mol. The number of esters is 1. The summed E-state index contributed by atoms with van der Waals surface area (Å²) in [5.74, 6) is -0.540. The third-order valence-electron chi connectivity index (χ3n) is 2.99. The maximum absolute atomic E-state index is 11.8. The van der Waals surface area contributed by atoms with Crippen molar-refractivity contribution in [3.05, 3.63) is 12.7 Å². The van der Waals surface area contributed by atoms with E-state index in [1.165, 1.54) is 7.11 Å². The predicted octanol–water partition coefficient (Wildman–Crippen LogP) is 2.31. The summed E-state index contributed by atoms with van der Waals surface area (Å²) in [5.41, 5.74) is -0.638. The van der Waals surface area contributed by atoms with Gasteiger partial charge in [-0.15, -0.1) is 6.58 Å². The van der Waals surface area contributed by atoms with Crippen LogP contribution in [-0.2, 0) is 19.1 Å². The maximum atomic E-state index is 11.8. The van der Waals surface area contributed by atoms with Crippen LogP contribution in [0.25, 0.3) is 0 Å². The van der Waals surface area contributed by atoms with E-state index in [0.29, 0.717) is 38.6 Å². The van der Waals surface area contributed by atoms with Crippen LogP contribution in [0.3, 0.4) is 0 Å². The third-order valence-corrected chi connectivity index (χ3v) is 2.99. The number of carbonyl (C=O) groups excluding carboxylic acids is 3. The fourth-order valence-electron chi connectivity index (χ4n) is 1.86. The second-order valence-electron chi connectivity index (χ2n) is 6.40. The Labute approximate surface area is 144 Å². The highest BCUT2D eigenvalue weighted by atomic mass is 16.6. The monoisotopic (exact) mass is 342 g/mol. The molecule has 0 bridgehead atoms. The summed E-state index contributed by atoms with van der Waals surface area (Å²) in [5, 5.41) is 5.31. The lowest BCUT2D eigenvalue weighted by molar-refractivity contribution is -0.143. The summed E-state index contributed by atoms with van der Waals surface area (Å²) >= 11 is 0. The first kappa shape index (κ1) is 21.9. The fraction of sp³-hybridized carbons (Fsp3) is 0.706. The zero-order valence-electron chi connectivity index (χ0n) is 15.1. The van der Waals surface area contributed by atoms with Crippen molar-refractivity contribution in [1.82, 2.24) is 10.6 Å². The number of methoxy groups -OCH3 is 1. The van der Waals surface area contributed by atoms with E-state index in [1.54, 1.807) is 26.8 Å². The van der Waals surface area contributed by atoms with Gasteiger partial charge in [0, 0.05) is 13.0 Å². The highest BCUT2D eigenvalue weighted by Crippen LogP contribution is 2.09. The summed E-state index contributed by atoms with van der Waals surface area (Å²) in [6, 6.07) is -0.763. The summed E-state index contributed by atoms with van der Waals surface area (Å²) < 4.78 is 9.83. The van der Waals surface area contributed by atoms with Gasteiger partial charge in [-0.2, -0.15) is 0 Å². The van der Waals surface area contributed by atoms with Crippen molar-refractivity contribution >= 4 is 18.0 Å². The molecule has 0 rings (SSSR count). The Morgan fingerprint density at radius 3 is 2.42 bits per heavy atom. The van der Waals surface area contributed by atoms with Crippen LogP contribution in [0.5, 0.6) is 0 Å². The minimum absolute atomic E-state index is 0.0219. The van der Waals surface area contributed by atoms with Crippen molar-refractivity contribution in [1.29, 1.82) is 0 Å². The van der Waals surface area contributed by atoms with Crippen LogP contribution in [0, 0.1) is 0 Å². The first-order valence-electron chi connectivity index (χ1n) is 8.14. The Bertz CT molecular complexity index is 429. The number of rotatable bonds is 10. The molecule has 0 saturated carbocycles. The number of nitrogens with one attached hydrogen (secondary N) is 2. The molecule has 24 heavy (non-hydrogen) atoms. The smallest absolute Gasteiger partial charge is 0.408 e. The number of hydrogen-bond donors (Lipinski definition) is 2. The van der Waals surface area contributed by atoms with Gasteiger partial charge in [0.25, 0.3) is 0 Å². The summed E-state index contributed by atoms with van der Waals surface area (Å²) in [7, 11) is 1.27. The Morgan fingerprint density at radius 1 is 1.21 bits per heavy atom. The van der Waals surface area contributed by atoms with Gasteiger partial charge in [0.15, 0.2) is 0 Å². The molecule has 0 aromatic carbocycles. The Hall–Kier alpha value is -2.05. The fourth-order valence-corrected chi connectivity index (χ4v) is 1.86. The molecule has 0 aliphatic heterocycles. The van der Waals surface area contributed by atoms with Crippen molar-refractivity contribution in [2.45, 2.75) is 64.5 Å². The number of hydrogen-bond acceptors (Lipinski definition) is 5. The molecule has 0 aromatic heterocycles. The van der Waals surface area contributed by atoms with Gasteiger partial charge in [-0.25, -0.2) is 9.59 Å². The second-order valence-corrected chi connectivity index (χ2v) is 6.40. The number of amides is 2. The quantitative estimate of drug-likeness (QED) is 0.361. The van der Waals surface area contributed by atoms with Crippen molar-refractivity contribution in [3.8, 4) is 0 Å². The molecule has 0 heterocycles. The van der Waals surface area contributed by atoms with E-state index in [0.717, 1.165) is 0 Å². The Morgan fingerprint density at radius 2 is 1.88 bits per heavy atom. The van der Waals surface area contributed by atoms with E-state index in [4.69, 9.17) is 9.47 Å². The molecule has 2 amide bonds. The van der Waals surface area contributed by atoms with E-state index < -0.39 is 23.7 Å². The largest absolute Gasteiger partial charge is 0.467 e. The van der Waals surface area contributed by atoms with Crippen LogP contribution in [-0.4, -0.2) is 43.3 Å². The van der Waals surface area contributed by atoms with Crippen LogP contribution in [0.15, 0.2) is 12.7 Å². The molecular weight excluding hydrogens is 312 g/mol. The normalized spacial score (nSPS) is 12.0. The molecule has 1 atom stereocenters.